The predicted octanol–water partition coefficient (Wildman–Crippen LogP) is 3.55. The van der Waals surface area contributed by atoms with Gasteiger partial charge in [-0.3, -0.25) is 0 Å². The first-order chi connectivity index (χ1) is 11.5. The van der Waals surface area contributed by atoms with Crippen LogP contribution in [-0.4, -0.2) is 42.8 Å². The molecule has 6 heteroatoms. The van der Waals surface area contributed by atoms with E-state index in [-0.39, 0.29) is 18.2 Å². The Morgan fingerprint density at radius 2 is 1.92 bits per heavy atom. The second-order valence-electron chi connectivity index (χ2n) is 6.30. The van der Waals surface area contributed by atoms with Gasteiger partial charge in [-0.2, -0.15) is 0 Å². The number of urea groups is 1. The van der Waals surface area contributed by atoms with Gasteiger partial charge < -0.3 is 20.3 Å². The summed E-state index contributed by atoms with van der Waals surface area (Å²) >= 11 is 0. The summed E-state index contributed by atoms with van der Waals surface area (Å²) in [7, 11) is 0. The molecule has 6 nitrogen and oxygen atoms in total. The van der Waals surface area contributed by atoms with Crippen molar-refractivity contribution in [3.05, 3.63) is 29.8 Å². The molecule has 3 amide bonds. The van der Waals surface area contributed by atoms with Crippen molar-refractivity contribution < 1.29 is 14.3 Å². The Morgan fingerprint density at radius 1 is 1.25 bits per heavy atom. The molecule has 2 N–H and O–H groups in total. The lowest BCUT2D eigenvalue weighted by atomic mass is 10.0. The standard InChI is InChI=1S/C18H27N3O3/c1-4-24-18(23)21-11-9-14(10-12-21)19-17(22)20-16-8-6-5-7-15(16)13(2)3/h5-8,13-14H,4,9-12H2,1-3H3,(H2,19,20,22). The van der Waals surface area contributed by atoms with E-state index in [9.17, 15) is 9.59 Å². The van der Waals surface area contributed by atoms with Crippen molar-refractivity contribution in [2.24, 2.45) is 0 Å². The lowest BCUT2D eigenvalue weighted by Gasteiger charge is -2.31. The number of carbonyl (C=O) groups excluding carboxylic acids is 2. The van der Waals surface area contributed by atoms with Gasteiger partial charge in [0.05, 0.1) is 6.61 Å². The van der Waals surface area contributed by atoms with Gasteiger partial charge in [0.1, 0.15) is 0 Å². The summed E-state index contributed by atoms with van der Waals surface area (Å²) < 4.78 is 5.00. The van der Waals surface area contributed by atoms with E-state index in [1.165, 1.54) is 0 Å². The van der Waals surface area contributed by atoms with E-state index < -0.39 is 0 Å². The van der Waals surface area contributed by atoms with Gasteiger partial charge in [-0.15, -0.1) is 0 Å². The molecule has 1 aliphatic rings. The number of nitrogens with zero attached hydrogens (tertiary/aromatic N) is 1. The first-order valence-corrected chi connectivity index (χ1v) is 8.59. The van der Waals surface area contributed by atoms with E-state index in [1.807, 2.05) is 24.3 Å². The average Bonchev–Trinajstić information content (AvgIpc) is 2.56. The molecule has 0 bridgehead atoms. The molecule has 1 aromatic rings. The van der Waals surface area contributed by atoms with Crippen molar-refractivity contribution in [1.29, 1.82) is 0 Å². The molecule has 132 valence electrons. The van der Waals surface area contributed by atoms with Crippen LogP contribution in [0.4, 0.5) is 15.3 Å². The molecule has 1 saturated heterocycles. The van der Waals surface area contributed by atoms with E-state index in [0.29, 0.717) is 25.6 Å². The fourth-order valence-electron chi connectivity index (χ4n) is 2.88. The summed E-state index contributed by atoms with van der Waals surface area (Å²) in [5.41, 5.74) is 1.96. The van der Waals surface area contributed by atoms with Gasteiger partial charge in [0.2, 0.25) is 0 Å². The summed E-state index contributed by atoms with van der Waals surface area (Å²) in [5.74, 6) is 0.342. The van der Waals surface area contributed by atoms with Gasteiger partial charge in [-0.05, 0) is 37.3 Å². The molecule has 1 aromatic carbocycles. The number of likely N-dealkylation sites (tertiary alicyclic amines) is 1. The fraction of sp³-hybridized carbons (Fsp3) is 0.556. The normalized spacial score (nSPS) is 15.2. The Kier molecular flexibility index (Phi) is 6.46. The van der Waals surface area contributed by atoms with Crippen LogP contribution in [0.3, 0.4) is 0 Å². The van der Waals surface area contributed by atoms with Gasteiger partial charge in [0, 0.05) is 24.8 Å². The molecule has 24 heavy (non-hydrogen) atoms. The zero-order valence-electron chi connectivity index (χ0n) is 14.7. The van der Waals surface area contributed by atoms with Crippen LogP contribution in [0.1, 0.15) is 45.1 Å². The Labute approximate surface area is 143 Å². The minimum absolute atomic E-state index is 0.0712. The van der Waals surface area contributed by atoms with Crippen molar-refractivity contribution >= 4 is 17.8 Å². The summed E-state index contributed by atoms with van der Waals surface area (Å²) in [6.07, 6.45) is 1.20. The van der Waals surface area contributed by atoms with E-state index >= 15 is 0 Å². The van der Waals surface area contributed by atoms with Crippen molar-refractivity contribution in [1.82, 2.24) is 10.2 Å². The first kappa shape index (κ1) is 18.1. The van der Waals surface area contributed by atoms with Gasteiger partial charge in [0.25, 0.3) is 0 Å². The van der Waals surface area contributed by atoms with Crippen molar-refractivity contribution in [3.8, 4) is 0 Å². The largest absolute Gasteiger partial charge is 0.450 e. The van der Waals surface area contributed by atoms with E-state index in [1.54, 1.807) is 11.8 Å². The highest BCUT2D eigenvalue weighted by Crippen LogP contribution is 2.23. The van der Waals surface area contributed by atoms with Crippen LogP contribution in [0.25, 0.3) is 0 Å². The van der Waals surface area contributed by atoms with Crippen LogP contribution >= 0.6 is 0 Å². The maximum atomic E-state index is 12.2. The molecule has 1 fully saturated rings. The molecule has 0 saturated carbocycles. The molecule has 0 spiro atoms. The molecular formula is C18H27N3O3. The number of hydrogen-bond donors (Lipinski definition) is 2. The molecule has 0 radical (unpaired) electrons. The minimum atomic E-state index is -0.272. The van der Waals surface area contributed by atoms with Crippen LogP contribution in [0.2, 0.25) is 0 Å². The van der Waals surface area contributed by atoms with Gasteiger partial charge in [-0.1, -0.05) is 32.0 Å². The SMILES string of the molecule is CCOC(=O)N1CCC(NC(=O)Nc2ccccc2C(C)C)CC1. The second kappa shape index (κ2) is 8.57. The van der Waals surface area contributed by atoms with Crippen molar-refractivity contribution in [2.45, 2.75) is 45.6 Å². The van der Waals surface area contributed by atoms with Crippen LogP contribution in [0.5, 0.6) is 0 Å². The van der Waals surface area contributed by atoms with Gasteiger partial charge >= 0.3 is 12.1 Å². The lowest BCUT2D eigenvalue weighted by Crippen LogP contribution is -2.47. The second-order valence-corrected chi connectivity index (χ2v) is 6.30. The predicted molar refractivity (Wildman–Crippen MR) is 94.3 cm³/mol. The molecule has 2 rings (SSSR count). The van der Waals surface area contributed by atoms with Crippen LogP contribution in [0, 0.1) is 0 Å². The van der Waals surface area contributed by atoms with Crippen LogP contribution in [-0.2, 0) is 4.74 Å². The number of ether oxygens (including phenoxy) is 1. The Bertz CT molecular complexity index is 566. The maximum Gasteiger partial charge on any atom is 0.409 e. The number of rotatable bonds is 4. The summed E-state index contributed by atoms with van der Waals surface area (Å²) in [4.78, 5) is 25.6. The number of benzene rings is 1. The zero-order valence-corrected chi connectivity index (χ0v) is 14.7. The molecule has 0 aromatic heterocycles. The highest BCUT2D eigenvalue weighted by atomic mass is 16.6. The topological polar surface area (TPSA) is 70.7 Å². The van der Waals surface area contributed by atoms with Crippen molar-refractivity contribution in [3.63, 3.8) is 0 Å². The minimum Gasteiger partial charge on any atom is -0.450 e. The molecule has 1 heterocycles. The Balaban J connectivity index is 1.83. The summed E-state index contributed by atoms with van der Waals surface area (Å²) in [6, 6.07) is 7.71. The third-order valence-electron chi connectivity index (χ3n) is 4.19. The van der Waals surface area contributed by atoms with E-state index in [0.717, 1.165) is 24.1 Å². The number of carbonyl (C=O) groups is 2. The average molecular weight is 333 g/mol. The highest BCUT2D eigenvalue weighted by molar-refractivity contribution is 5.90. The number of hydrogen-bond acceptors (Lipinski definition) is 3. The Hall–Kier alpha value is -2.24. The third kappa shape index (κ3) is 4.88. The fourth-order valence-corrected chi connectivity index (χ4v) is 2.88. The molecular weight excluding hydrogens is 306 g/mol. The summed E-state index contributed by atoms with van der Waals surface area (Å²) in [5, 5.41) is 5.93. The summed E-state index contributed by atoms with van der Waals surface area (Å²) in [6.45, 7) is 7.59. The molecule has 1 aliphatic heterocycles. The van der Waals surface area contributed by atoms with E-state index in [4.69, 9.17) is 4.74 Å². The first-order valence-electron chi connectivity index (χ1n) is 8.59. The molecule has 0 atom stereocenters. The smallest absolute Gasteiger partial charge is 0.409 e. The third-order valence-corrected chi connectivity index (χ3v) is 4.19. The number of piperidine rings is 1. The monoisotopic (exact) mass is 333 g/mol. The number of anilines is 1. The lowest BCUT2D eigenvalue weighted by molar-refractivity contribution is 0.0959. The number of amides is 3. The van der Waals surface area contributed by atoms with Gasteiger partial charge in [0.15, 0.2) is 0 Å². The highest BCUT2D eigenvalue weighted by Gasteiger charge is 2.24. The quantitative estimate of drug-likeness (QED) is 0.885. The van der Waals surface area contributed by atoms with E-state index in [2.05, 4.69) is 24.5 Å². The van der Waals surface area contributed by atoms with Crippen molar-refractivity contribution in [2.75, 3.05) is 25.0 Å². The molecule has 0 unspecified atom stereocenters. The van der Waals surface area contributed by atoms with Crippen LogP contribution in [0.15, 0.2) is 24.3 Å². The maximum absolute atomic E-state index is 12.2. The Morgan fingerprint density at radius 3 is 2.54 bits per heavy atom. The number of para-hydroxylation sites is 1. The van der Waals surface area contributed by atoms with Crippen LogP contribution < -0.4 is 10.6 Å². The number of nitrogens with one attached hydrogen (secondary N) is 2. The zero-order chi connectivity index (χ0) is 17.5. The molecule has 0 aliphatic carbocycles. The van der Waals surface area contributed by atoms with Gasteiger partial charge in [-0.25, -0.2) is 9.59 Å².